The molecule has 0 radical (unpaired) electrons. The third-order valence-electron chi connectivity index (χ3n) is 3.89. The molecule has 1 aliphatic heterocycles. The highest BCUT2D eigenvalue weighted by molar-refractivity contribution is 9.11. The largest absolute Gasteiger partial charge is 0.456 e. The second-order valence-corrected chi connectivity index (χ2v) is 9.58. The zero-order valence-electron chi connectivity index (χ0n) is 15.8. The van der Waals surface area contributed by atoms with Gasteiger partial charge >= 0.3 is 5.97 Å². The Morgan fingerprint density at radius 2 is 2.07 bits per heavy atom. The van der Waals surface area contributed by atoms with Crippen molar-refractivity contribution in [3.05, 3.63) is 20.7 Å². The summed E-state index contributed by atoms with van der Waals surface area (Å²) in [6, 6.07) is 0. The summed E-state index contributed by atoms with van der Waals surface area (Å²) in [5.74, 6) is 5.20. The summed E-state index contributed by atoms with van der Waals surface area (Å²) in [5.41, 5.74) is -0.568. The van der Waals surface area contributed by atoms with Crippen molar-refractivity contribution in [2.24, 2.45) is 12.9 Å². The number of nitrogens with two attached hydrogens (primary N) is 1. The highest BCUT2D eigenvalue weighted by atomic mass is 79.9. The average molecular weight is 475 g/mol. The minimum Gasteiger partial charge on any atom is -0.456 e. The smallest absolute Gasteiger partial charge is 0.351 e. The lowest BCUT2D eigenvalue weighted by molar-refractivity contribution is 0.00732. The van der Waals surface area contributed by atoms with Crippen LogP contribution >= 0.6 is 27.3 Å². The summed E-state index contributed by atoms with van der Waals surface area (Å²) in [6.45, 7) is 5.57. The zero-order chi connectivity index (χ0) is 20.8. The molecule has 152 valence electrons. The molecule has 28 heavy (non-hydrogen) atoms. The Bertz CT molecular complexity index is 918. The molecule has 9 nitrogen and oxygen atoms in total. The molecule has 2 aromatic rings. The van der Waals surface area contributed by atoms with Gasteiger partial charge in [0, 0.05) is 7.05 Å². The molecular formula is C16H20BrFN6O3S. The van der Waals surface area contributed by atoms with Crippen molar-refractivity contribution in [1.29, 1.82) is 0 Å². The normalized spacial score (nSPS) is 14.8. The van der Waals surface area contributed by atoms with E-state index in [4.69, 9.17) is 10.6 Å². The van der Waals surface area contributed by atoms with Gasteiger partial charge in [0.05, 0.1) is 19.3 Å². The number of ether oxygens (including phenoxy) is 1. The molecule has 0 spiro atoms. The fourth-order valence-electron chi connectivity index (χ4n) is 2.68. The average Bonchev–Trinajstić information content (AvgIpc) is 3.12. The standard InChI is InChI=1S/C16H20BrFN6O3S/c1-16(2,3)27-14(26)11-10(21-15(17)28-11)13(25)24(19)9-5-20-22(4)12(9)23-6-8(18)7-23/h5,8H,6-7,19H2,1-4H3. The van der Waals surface area contributed by atoms with Gasteiger partial charge in [-0.2, -0.15) is 5.10 Å². The topological polar surface area (TPSA) is 107 Å². The third-order valence-corrected chi connectivity index (χ3v) is 5.38. The number of alkyl halides is 1. The number of thiazole rings is 1. The number of aryl methyl sites for hydroxylation is 1. The monoisotopic (exact) mass is 474 g/mol. The van der Waals surface area contributed by atoms with Gasteiger partial charge in [-0.05, 0) is 36.7 Å². The Hall–Kier alpha value is -2.05. The van der Waals surface area contributed by atoms with Crippen molar-refractivity contribution in [3.63, 3.8) is 0 Å². The van der Waals surface area contributed by atoms with Gasteiger partial charge in [0.1, 0.15) is 22.3 Å². The second kappa shape index (κ2) is 7.41. The van der Waals surface area contributed by atoms with E-state index in [1.807, 2.05) is 0 Å². The van der Waals surface area contributed by atoms with E-state index in [0.29, 0.717) is 15.4 Å². The van der Waals surface area contributed by atoms with Crippen LogP contribution in [-0.2, 0) is 11.8 Å². The Kier molecular flexibility index (Phi) is 5.47. The van der Waals surface area contributed by atoms with Crippen molar-refractivity contribution in [2.75, 3.05) is 23.0 Å². The first-order valence-corrected chi connectivity index (χ1v) is 9.98. The first-order valence-electron chi connectivity index (χ1n) is 8.37. The number of rotatable bonds is 4. The van der Waals surface area contributed by atoms with Gasteiger partial charge in [-0.15, -0.1) is 0 Å². The number of hydrogen-bond acceptors (Lipinski definition) is 8. The molecule has 0 unspecified atom stereocenters. The minimum absolute atomic E-state index is 0.0421. The molecule has 1 amide bonds. The maximum absolute atomic E-state index is 13.3. The lowest BCUT2D eigenvalue weighted by Gasteiger charge is -2.37. The molecule has 0 saturated carbocycles. The van der Waals surface area contributed by atoms with E-state index >= 15 is 0 Å². The quantitative estimate of drug-likeness (QED) is 0.313. The number of esters is 1. The van der Waals surface area contributed by atoms with E-state index in [-0.39, 0.29) is 23.7 Å². The van der Waals surface area contributed by atoms with Gasteiger partial charge in [0.2, 0.25) is 0 Å². The van der Waals surface area contributed by atoms with Gasteiger partial charge in [0.25, 0.3) is 5.91 Å². The van der Waals surface area contributed by atoms with Crippen molar-refractivity contribution >= 4 is 50.6 Å². The molecule has 0 atom stereocenters. The van der Waals surface area contributed by atoms with Crippen molar-refractivity contribution in [2.45, 2.75) is 32.5 Å². The van der Waals surface area contributed by atoms with Crippen LogP contribution in [0.4, 0.5) is 15.9 Å². The van der Waals surface area contributed by atoms with E-state index < -0.39 is 23.6 Å². The fraction of sp³-hybridized carbons (Fsp3) is 0.500. The summed E-state index contributed by atoms with van der Waals surface area (Å²) < 4.78 is 20.5. The number of nitrogens with zero attached hydrogens (tertiary/aromatic N) is 5. The number of hydrazine groups is 1. The molecule has 3 rings (SSSR count). The number of aromatic nitrogens is 3. The summed E-state index contributed by atoms with van der Waals surface area (Å²) in [4.78, 5) is 31.3. The predicted octanol–water partition coefficient (Wildman–Crippen LogP) is 2.27. The highest BCUT2D eigenvalue weighted by Gasteiger charge is 2.35. The van der Waals surface area contributed by atoms with Crippen LogP contribution in [0.3, 0.4) is 0 Å². The van der Waals surface area contributed by atoms with Gasteiger partial charge in [-0.25, -0.2) is 25.0 Å². The highest BCUT2D eigenvalue weighted by Crippen LogP contribution is 2.33. The molecule has 1 aliphatic rings. The summed E-state index contributed by atoms with van der Waals surface area (Å²) in [6.07, 6.45) is 0.478. The molecule has 1 fully saturated rings. The van der Waals surface area contributed by atoms with Crippen molar-refractivity contribution < 1.29 is 18.7 Å². The Morgan fingerprint density at radius 3 is 2.64 bits per heavy atom. The molecule has 2 N–H and O–H groups in total. The molecule has 2 aromatic heterocycles. The van der Waals surface area contributed by atoms with Gasteiger partial charge in [-0.3, -0.25) is 9.48 Å². The van der Waals surface area contributed by atoms with E-state index in [2.05, 4.69) is 26.0 Å². The third kappa shape index (κ3) is 4.03. The Labute approximate surface area is 173 Å². The first-order chi connectivity index (χ1) is 13.0. The summed E-state index contributed by atoms with van der Waals surface area (Å²) >= 11 is 4.18. The molecule has 12 heteroatoms. The van der Waals surface area contributed by atoms with Crippen LogP contribution in [-0.4, -0.2) is 51.5 Å². The number of halogens is 2. The molecule has 0 bridgehead atoms. The number of carbonyl (C=O) groups excluding carboxylic acids is 2. The van der Waals surface area contributed by atoms with Crippen molar-refractivity contribution in [3.8, 4) is 0 Å². The predicted molar refractivity (Wildman–Crippen MR) is 106 cm³/mol. The van der Waals surface area contributed by atoms with E-state index in [0.717, 1.165) is 16.3 Å². The van der Waals surface area contributed by atoms with Crippen LogP contribution in [0.15, 0.2) is 10.1 Å². The van der Waals surface area contributed by atoms with Crippen LogP contribution in [0, 0.1) is 0 Å². The number of hydrogen-bond donors (Lipinski definition) is 1. The van der Waals surface area contributed by atoms with Crippen molar-refractivity contribution in [1.82, 2.24) is 14.8 Å². The number of amides is 1. The van der Waals surface area contributed by atoms with Gasteiger partial charge in [0.15, 0.2) is 15.4 Å². The Balaban J connectivity index is 1.90. The Morgan fingerprint density at radius 1 is 1.43 bits per heavy atom. The molecule has 3 heterocycles. The van der Waals surface area contributed by atoms with E-state index in [1.54, 1.807) is 32.7 Å². The lowest BCUT2D eigenvalue weighted by atomic mass is 10.2. The number of carbonyl (C=O) groups is 2. The summed E-state index contributed by atoms with van der Waals surface area (Å²) in [5, 5.41) is 4.98. The van der Waals surface area contributed by atoms with E-state index in [1.165, 1.54) is 10.9 Å². The van der Waals surface area contributed by atoms with Crippen LogP contribution < -0.4 is 15.8 Å². The summed E-state index contributed by atoms with van der Waals surface area (Å²) in [7, 11) is 1.67. The minimum atomic E-state index is -0.932. The maximum Gasteiger partial charge on any atom is 0.351 e. The molecule has 1 saturated heterocycles. The van der Waals surface area contributed by atoms with Crippen LogP contribution in [0.25, 0.3) is 0 Å². The van der Waals surface area contributed by atoms with Gasteiger partial charge in [-0.1, -0.05) is 11.3 Å². The fourth-order valence-corrected chi connectivity index (χ4v) is 4.00. The maximum atomic E-state index is 13.3. The van der Waals surface area contributed by atoms with E-state index in [9.17, 15) is 14.0 Å². The van der Waals surface area contributed by atoms with Crippen LogP contribution in [0.5, 0.6) is 0 Å². The molecule has 0 aliphatic carbocycles. The molecular weight excluding hydrogens is 455 g/mol. The molecule has 0 aromatic carbocycles. The SMILES string of the molecule is Cn1ncc(N(N)C(=O)c2nc(Br)sc2C(=O)OC(C)(C)C)c1N1CC(F)C1. The lowest BCUT2D eigenvalue weighted by Crippen LogP contribution is -2.50. The number of anilines is 2. The van der Waals surface area contributed by atoms with Crippen LogP contribution in [0.2, 0.25) is 0 Å². The second-order valence-electron chi connectivity index (χ2n) is 7.30. The van der Waals surface area contributed by atoms with Crippen LogP contribution in [0.1, 0.15) is 40.9 Å². The first kappa shape index (κ1) is 20.7. The zero-order valence-corrected chi connectivity index (χ0v) is 18.2. The van der Waals surface area contributed by atoms with Gasteiger partial charge < -0.3 is 9.64 Å².